The highest BCUT2D eigenvalue weighted by molar-refractivity contribution is 9.10. The van der Waals surface area contributed by atoms with Gasteiger partial charge in [0.2, 0.25) is 0 Å². The average molecular weight is 543 g/mol. The number of hydrogen-bond donors (Lipinski definition) is 1. The highest BCUT2D eigenvalue weighted by Crippen LogP contribution is 2.38. The molecular weight excluding hydrogens is 520 g/mol. The monoisotopic (exact) mass is 542 g/mol. The number of ether oxygens (including phenoxy) is 2. The van der Waals surface area contributed by atoms with Crippen LogP contribution in [0.5, 0.6) is 11.5 Å². The van der Waals surface area contributed by atoms with Crippen LogP contribution < -0.4 is 19.7 Å². The zero-order chi connectivity index (χ0) is 25.1. The van der Waals surface area contributed by atoms with E-state index in [0.717, 1.165) is 15.8 Å². The number of halogens is 1. The summed E-state index contributed by atoms with van der Waals surface area (Å²) >= 11 is 3.59. The summed E-state index contributed by atoms with van der Waals surface area (Å²) in [6.07, 6.45) is 1.63. The van der Waals surface area contributed by atoms with Crippen LogP contribution in [0.3, 0.4) is 0 Å². The second-order valence-electron chi connectivity index (χ2n) is 8.20. The summed E-state index contributed by atoms with van der Waals surface area (Å²) in [5, 5.41) is 4.98. The average Bonchev–Trinajstić information content (AvgIpc) is 3.16. The van der Waals surface area contributed by atoms with Gasteiger partial charge in [-0.1, -0.05) is 54.6 Å². The molecule has 0 spiro atoms. The first kappa shape index (κ1) is 23.6. The third-order valence-electron chi connectivity index (χ3n) is 5.73. The molecule has 1 aliphatic heterocycles. The minimum atomic E-state index is -0.489. The lowest BCUT2D eigenvalue weighted by Crippen LogP contribution is -2.30. The van der Waals surface area contributed by atoms with Crippen LogP contribution in [0, 0.1) is 0 Å². The van der Waals surface area contributed by atoms with E-state index in [0.29, 0.717) is 40.4 Å². The van der Waals surface area contributed by atoms with E-state index in [1.165, 1.54) is 5.39 Å². The van der Waals surface area contributed by atoms with Gasteiger partial charge in [0.05, 0.1) is 16.8 Å². The van der Waals surface area contributed by atoms with Crippen molar-refractivity contribution >= 4 is 50.4 Å². The van der Waals surface area contributed by atoms with Gasteiger partial charge in [-0.25, -0.2) is 9.69 Å². The maximum atomic E-state index is 12.9. The van der Waals surface area contributed by atoms with Crippen molar-refractivity contribution in [3.05, 3.63) is 106 Å². The fraction of sp³-hybridized carbons (Fsp3) is 0.103. The molecular formula is C29H23BrN2O4. The lowest BCUT2D eigenvalue weighted by molar-refractivity contribution is -0.113. The van der Waals surface area contributed by atoms with Crippen molar-refractivity contribution in [3.8, 4) is 11.5 Å². The van der Waals surface area contributed by atoms with Crippen molar-refractivity contribution in [1.82, 2.24) is 5.32 Å². The van der Waals surface area contributed by atoms with Crippen molar-refractivity contribution in [2.75, 3.05) is 11.5 Å². The van der Waals surface area contributed by atoms with E-state index in [1.54, 1.807) is 36.4 Å². The van der Waals surface area contributed by atoms with Crippen molar-refractivity contribution in [2.24, 2.45) is 0 Å². The molecule has 1 fully saturated rings. The molecule has 0 aliphatic carbocycles. The Hall–Kier alpha value is -4.10. The lowest BCUT2D eigenvalue weighted by atomic mass is 10.1. The molecule has 180 valence electrons. The van der Waals surface area contributed by atoms with Crippen molar-refractivity contribution in [2.45, 2.75) is 13.5 Å². The lowest BCUT2D eigenvalue weighted by Gasteiger charge is -2.15. The fourth-order valence-electron chi connectivity index (χ4n) is 4.07. The van der Waals surface area contributed by atoms with Gasteiger partial charge in [-0.15, -0.1) is 0 Å². The maximum Gasteiger partial charge on any atom is 0.333 e. The first-order valence-electron chi connectivity index (χ1n) is 11.5. The number of carbonyl (C=O) groups excluding carboxylic acids is 2. The van der Waals surface area contributed by atoms with E-state index < -0.39 is 11.9 Å². The number of nitrogens with zero attached hydrogens (tertiary/aromatic N) is 1. The quantitative estimate of drug-likeness (QED) is 0.209. The normalized spacial score (nSPS) is 14.4. The molecule has 3 amide bonds. The van der Waals surface area contributed by atoms with Crippen molar-refractivity contribution in [1.29, 1.82) is 0 Å². The molecule has 4 aromatic rings. The van der Waals surface area contributed by atoms with Crippen LogP contribution in [0.15, 0.2) is 95.1 Å². The second kappa shape index (κ2) is 10.3. The molecule has 0 unspecified atom stereocenters. The molecule has 4 aromatic carbocycles. The summed E-state index contributed by atoms with van der Waals surface area (Å²) in [7, 11) is 0. The smallest absolute Gasteiger partial charge is 0.333 e. The minimum Gasteiger partial charge on any atom is -0.490 e. The Kier molecular flexibility index (Phi) is 6.73. The van der Waals surface area contributed by atoms with Crippen molar-refractivity contribution in [3.63, 3.8) is 0 Å². The Balaban J connectivity index is 1.40. The van der Waals surface area contributed by atoms with Gasteiger partial charge in [-0.05, 0) is 81.2 Å². The molecule has 7 heteroatoms. The molecule has 1 heterocycles. The third kappa shape index (κ3) is 4.83. The van der Waals surface area contributed by atoms with Gasteiger partial charge in [0.1, 0.15) is 12.3 Å². The number of para-hydroxylation sites is 1. The molecule has 1 saturated heterocycles. The van der Waals surface area contributed by atoms with Gasteiger partial charge in [-0.2, -0.15) is 0 Å². The van der Waals surface area contributed by atoms with Crippen LogP contribution in [0.4, 0.5) is 10.5 Å². The van der Waals surface area contributed by atoms with Gasteiger partial charge < -0.3 is 14.8 Å². The van der Waals surface area contributed by atoms with E-state index in [4.69, 9.17) is 9.47 Å². The minimum absolute atomic E-state index is 0.183. The van der Waals surface area contributed by atoms with Gasteiger partial charge in [0.25, 0.3) is 5.91 Å². The summed E-state index contributed by atoms with van der Waals surface area (Å²) in [5.41, 5.74) is 2.41. The fourth-order valence-corrected chi connectivity index (χ4v) is 4.65. The van der Waals surface area contributed by atoms with Gasteiger partial charge >= 0.3 is 6.03 Å². The van der Waals surface area contributed by atoms with Crippen LogP contribution in [0.25, 0.3) is 16.8 Å². The molecule has 0 saturated carbocycles. The summed E-state index contributed by atoms with van der Waals surface area (Å²) in [4.78, 5) is 26.5. The molecule has 0 aromatic heterocycles. The molecule has 0 atom stereocenters. The van der Waals surface area contributed by atoms with E-state index >= 15 is 0 Å². The van der Waals surface area contributed by atoms with E-state index in [2.05, 4.69) is 45.5 Å². The number of fused-ring (bicyclic) bond motifs is 1. The predicted molar refractivity (Wildman–Crippen MR) is 144 cm³/mol. The Bertz CT molecular complexity index is 1480. The summed E-state index contributed by atoms with van der Waals surface area (Å²) < 4.78 is 12.7. The van der Waals surface area contributed by atoms with Crippen LogP contribution in [0.2, 0.25) is 0 Å². The van der Waals surface area contributed by atoms with Crippen LogP contribution in [-0.2, 0) is 11.4 Å². The number of urea groups is 1. The van der Waals surface area contributed by atoms with Gasteiger partial charge in [0, 0.05) is 0 Å². The molecule has 5 rings (SSSR count). The molecule has 6 nitrogen and oxygen atoms in total. The van der Waals surface area contributed by atoms with Gasteiger partial charge in [0.15, 0.2) is 11.5 Å². The van der Waals surface area contributed by atoms with E-state index in [-0.39, 0.29) is 5.70 Å². The van der Waals surface area contributed by atoms with Crippen molar-refractivity contribution < 1.29 is 19.1 Å². The van der Waals surface area contributed by atoms with Gasteiger partial charge in [-0.3, -0.25) is 4.79 Å². The summed E-state index contributed by atoms with van der Waals surface area (Å²) in [6, 6.07) is 26.4. The number of anilines is 1. The molecule has 0 bridgehead atoms. The maximum absolute atomic E-state index is 12.9. The second-order valence-corrected chi connectivity index (χ2v) is 9.05. The Morgan fingerprint density at radius 1 is 0.889 bits per heavy atom. The van der Waals surface area contributed by atoms with Crippen LogP contribution in [0.1, 0.15) is 18.1 Å². The standard InChI is InChI=1S/C29H23BrN2O4/c1-2-35-26-17-20(16-25-28(33)32(29(34)31-25)23-10-4-3-5-11-23)15-24(30)27(26)36-18-19-12-13-21-8-6-7-9-22(21)14-19/h3-17H,2,18H2,1H3,(H,31,34)/b25-16+. The number of hydrogen-bond acceptors (Lipinski definition) is 4. The Morgan fingerprint density at radius 3 is 2.42 bits per heavy atom. The number of imide groups is 1. The molecule has 1 N–H and O–H groups in total. The number of nitrogens with one attached hydrogen (secondary N) is 1. The summed E-state index contributed by atoms with van der Waals surface area (Å²) in [5.74, 6) is 0.688. The molecule has 0 radical (unpaired) electrons. The number of benzene rings is 4. The number of rotatable bonds is 7. The summed E-state index contributed by atoms with van der Waals surface area (Å²) in [6.45, 7) is 2.70. The Labute approximate surface area is 217 Å². The molecule has 1 aliphatic rings. The number of amides is 3. The number of carbonyl (C=O) groups is 2. The first-order chi connectivity index (χ1) is 17.5. The zero-order valence-corrected chi connectivity index (χ0v) is 21.1. The highest BCUT2D eigenvalue weighted by atomic mass is 79.9. The SMILES string of the molecule is CCOc1cc(/C=C2/NC(=O)N(c3ccccc3)C2=O)cc(Br)c1OCc1ccc2ccccc2c1. The highest BCUT2D eigenvalue weighted by Gasteiger charge is 2.34. The van der Waals surface area contributed by atoms with Crippen LogP contribution in [-0.4, -0.2) is 18.5 Å². The zero-order valence-electron chi connectivity index (χ0n) is 19.5. The predicted octanol–water partition coefficient (Wildman–Crippen LogP) is 6.68. The third-order valence-corrected chi connectivity index (χ3v) is 6.32. The largest absolute Gasteiger partial charge is 0.490 e. The first-order valence-corrected chi connectivity index (χ1v) is 12.3. The Morgan fingerprint density at radius 2 is 1.64 bits per heavy atom. The van der Waals surface area contributed by atoms with Crippen LogP contribution >= 0.6 is 15.9 Å². The topological polar surface area (TPSA) is 67.9 Å². The van der Waals surface area contributed by atoms with E-state index in [1.807, 2.05) is 37.3 Å². The van der Waals surface area contributed by atoms with E-state index in [9.17, 15) is 9.59 Å². The molecule has 36 heavy (non-hydrogen) atoms.